The van der Waals surface area contributed by atoms with Gasteiger partial charge in [0.1, 0.15) is 0 Å². The molecule has 3 nitrogen and oxygen atoms in total. The van der Waals surface area contributed by atoms with E-state index in [1.165, 1.54) is 0 Å². The van der Waals surface area contributed by atoms with E-state index in [0.717, 1.165) is 24.9 Å². The highest BCUT2D eigenvalue weighted by atomic mass is 16.3. The highest BCUT2D eigenvalue weighted by Gasteiger charge is 1.94. The Kier molecular flexibility index (Phi) is 4.07. The van der Waals surface area contributed by atoms with Crippen LogP contribution in [0.4, 0.5) is 0 Å². The van der Waals surface area contributed by atoms with Crippen LogP contribution in [0.2, 0.25) is 0 Å². The first-order valence-corrected chi connectivity index (χ1v) is 4.49. The first-order chi connectivity index (χ1) is 6.36. The van der Waals surface area contributed by atoms with Gasteiger partial charge in [0, 0.05) is 25.4 Å². The molecular weight excluding hydrogens is 164 g/mol. The van der Waals surface area contributed by atoms with Gasteiger partial charge in [0.25, 0.3) is 0 Å². The van der Waals surface area contributed by atoms with Crippen molar-refractivity contribution in [1.82, 2.24) is 4.57 Å². The van der Waals surface area contributed by atoms with Crippen LogP contribution in [-0.4, -0.2) is 9.67 Å². The molecule has 13 heavy (non-hydrogen) atoms. The van der Waals surface area contributed by atoms with Gasteiger partial charge in [-0.3, -0.25) is 0 Å². The first kappa shape index (κ1) is 9.82. The molecule has 0 atom stereocenters. The van der Waals surface area contributed by atoms with E-state index in [0.29, 0.717) is 6.42 Å². The molecule has 0 aromatic carbocycles. The lowest BCUT2D eigenvalue weighted by Gasteiger charge is -1.99. The predicted octanol–water partition coefficient (Wildman–Crippen LogP) is 1.67. The molecule has 0 unspecified atom stereocenters. The molecule has 3 heteroatoms. The molecule has 0 amide bonds. The van der Waals surface area contributed by atoms with Gasteiger partial charge in [0.15, 0.2) is 0 Å². The van der Waals surface area contributed by atoms with Crippen LogP contribution in [0.25, 0.3) is 0 Å². The van der Waals surface area contributed by atoms with Crippen molar-refractivity contribution in [2.45, 2.75) is 32.4 Å². The molecule has 0 bridgehead atoms. The van der Waals surface area contributed by atoms with Crippen LogP contribution in [0.15, 0.2) is 18.5 Å². The number of hydrogen-bond acceptors (Lipinski definition) is 2. The van der Waals surface area contributed by atoms with Crippen molar-refractivity contribution in [2.75, 3.05) is 0 Å². The molecule has 0 radical (unpaired) electrons. The zero-order chi connectivity index (χ0) is 9.52. The second-order valence-corrected chi connectivity index (χ2v) is 3.03. The molecule has 1 N–H and O–H groups in total. The Morgan fingerprint density at radius 3 is 2.92 bits per heavy atom. The lowest BCUT2D eigenvalue weighted by molar-refractivity contribution is 0.281. The summed E-state index contributed by atoms with van der Waals surface area (Å²) in [7, 11) is 0. The minimum atomic E-state index is 0.102. The predicted molar refractivity (Wildman–Crippen MR) is 49.8 cm³/mol. The standard InChI is InChI=1S/C10H14N2O/c11-5-2-1-3-6-12-7-4-10(8-12)9-13/h4,7-8,13H,1-3,6,9H2. The summed E-state index contributed by atoms with van der Waals surface area (Å²) in [5.74, 6) is 0. The van der Waals surface area contributed by atoms with Crippen molar-refractivity contribution < 1.29 is 5.11 Å². The lowest BCUT2D eigenvalue weighted by Crippen LogP contribution is -1.93. The number of unbranched alkanes of at least 4 members (excludes halogenated alkanes) is 2. The number of rotatable bonds is 5. The van der Waals surface area contributed by atoms with Crippen LogP contribution in [0.1, 0.15) is 24.8 Å². The second-order valence-electron chi connectivity index (χ2n) is 3.03. The zero-order valence-corrected chi connectivity index (χ0v) is 7.61. The van der Waals surface area contributed by atoms with Gasteiger partial charge in [-0.15, -0.1) is 0 Å². The monoisotopic (exact) mass is 178 g/mol. The van der Waals surface area contributed by atoms with Gasteiger partial charge in [-0.25, -0.2) is 0 Å². The molecule has 1 aromatic rings. The topological polar surface area (TPSA) is 49.0 Å². The summed E-state index contributed by atoms with van der Waals surface area (Å²) in [4.78, 5) is 0. The minimum Gasteiger partial charge on any atom is -0.392 e. The van der Waals surface area contributed by atoms with E-state index in [-0.39, 0.29) is 6.61 Å². The Hall–Kier alpha value is -1.27. The van der Waals surface area contributed by atoms with Gasteiger partial charge in [0.2, 0.25) is 0 Å². The fourth-order valence-corrected chi connectivity index (χ4v) is 1.22. The Morgan fingerprint density at radius 2 is 2.31 bits per heavy atom. The van der Waals surface area contributed by atoms with Crippen molar-refractivity contribution >= 4 is 0 Å². The van der Waals surface area contributed by atoms with E-state index < -0.39 is 0 Å². The average Bonchev–Trinajstić information content (AvgIpc) is 2.60. The maximum absolute atomic E-state index is 8.80. The molecule has 0 fully saturated rings. The Labute approximate surface area is 78.2 Å². The van der Waals surface area contributed by atoms with Crippen molar-refractivity contribution in [3.05, 3.63) is 24.0 Å². The summed E-state index contributed by atoms with van der Waals surface area (Å²) in [5.41, 5.74) is 0.945. The first-order valence-electron chi connectivity index (χ1n) is 4.49. The van der Waals surface area contributed by atoms with E-state index >= 15 is 0 Å². The quantitative estimate of drug-likeness (QED) is 0.697. The van der Waals surface area contributed by atoms with Crippen molar-refractivity contribution in [2.24, 2.45) is 0 Å². The van der Waals surface area contributed by atoms with Gasteiger partial charge < -0.3 is 9.67 Å². The van der Waals surface area contributed by atoms with Crippen LogP contribution in [0.3, 0.4) is 0 Å². The van der Waals surface area contributed by atoms with Crippen LogP contribution in [0, 0.1) is 11.3 Å². The maximum Gasteiger partial charge on any atom is 0.0696 e. The number of aryl methyl sites for hydroxylation is 1. The number of hydrogen-bond donors (Lipinski definition) is 1. The van der Waals surface area contributed by atoms with Crippen LogP contribution in [0.5, 0.6) is 0 Å². The molecule has 1 rings (SSSR count). The number of aliphatic hydroxyl groups excluding tert-OH is 1. The fraction of sp³-hybridized carbons (Fsp3) is 0.500. The van der Waals surface area contributed by atoms with Gasteiger partial charge in [-0.2, -0.15) is 5.26 Å². The van der Waals surface area contributed by atoms with Gasteiger partial charge in [-0.05, 0) is 24.5 Å². The molecule has 0 saturated carbocycles. The van der Waals surface area contributed by atoms with Crippen molar-refractivity contribution in [1.29, 1.82) is 5.26 Å². The summed E-state index contributed by atoms with van der Waals surface area (Å²) in [6, 6.07) is 4.03. The number of nitriles is 1. The molecule has 0 aliphatic heterocycles. The Balaban J connectivity index is 2.25. The third-order valence-corrected chi connectivity index (χ3v) is 1.95. The molecule has 1 aromatic heterocycles. The summed E-state index contributed by atoms with van der Waals surface area (Å²) in [6.45, 7) is 1.03. The van der Waals surface area contributed by atoms with Crippen LogP contribution in [-0.2, 0) is 13.2 Å². The summed E-state index contributed by atoms with van der Waals surface area (Å²) in [5, 5.41) is 17.1. The SMILES string of the molecule is N#CCCCCn1ccc(CO)c1. The van der Waals surface area contributed by atoms with E-state index in [9.17, 15) is 0 Å². The minimum absolute atomic E-state index is 0.102. The summed E-state index contributed by atoms with van der Waals surface area (Å²) < 4.78 is 2.04. The molecule has 0 spiro atoms. The molecular formula is C10H14N2O. The van der Waals surface area contributed by atoms with E-state index in [1.54, 1.807) is 0 Å². The maximum atomic E-state index is 8.80. The number of aromatic nitrogens is 1. The largest absolute Gasteiger partial charge is 0.392 e. The molecule has 0 aliphatic rings. The highest BCUT2D eigenvalue weighted by Crippen LogP contribution is 2.03. The van der Waals surface area contributed by atoms with Gasteiger partial charge >= 0.3 is 0 Å². The van der Waals surface area contributed by atoms with E-state index in [2.05, 4.69) is 6.07 Å². The summed E-state index contributed by atoms with van der Waals surface area (Å²) in [6.07, 6.45) is 6.49. The molecule has 0 aliphatic carbocycles. The van der Waals surface area contributed by atoms with Crippen LogP contribution < -0.4 is 0 Å². The molecule has 1 heterocycles. The van der Waals surface area contributed by atoms with Crippen molar-refractivity contribution in [3.8, 4) is 6.07 Å². The van der Waals surface area contributed by atoms with Gasteiger partial charge in [-0.1, -0.05) is 0 Å². The lowest BCUT2D eigenvalue weighted by atomic mass is 10.2. The third kappa shape index (κ3) is 3.30. The van der Waals surface area contributed by atoms with Crippen molar-refractivity contribution in [3.63, 3.8) is 0 Å². The smallest absolute Gasteiger partial charge is 0.0696 e. The second kappa shape index (κ2) is 5.39. The Morgan fingerprint density at radius 1 is 1.46 bits per heavy atom. The number of nitrogens with zero attached hydrogens (tertiary/aromatic N) is 2. The average molecular weight is 178 g/mol. The fourth-order valence-electron chi connectivity index (χ4n) is 1.22. The normalized spacial score (nSPS) is 9.85. The molecule has 0 saturated heterocycles. The Bertz CT molecular complexity index is 285. The van der Waals surface area contributed by atoms with E-state index in [1.807, 2.05) is 23.0 Å². The third-order valence-electron chi connectivity index (χ3n) is 1.95. The molecule has 70 valence electrons. The highest BCUT2D eigenvalue weighted by molar-refractivity contribution is 5.08. The van der Waals surface area contributed by atoms with E-state index in [4.69, 9.17) is 10.4 Å². The zero-order valence-electron chi connectivity index (χ0n) is 7.61. The summed E-state index contributed by atoms with van der Waals surface area (Å²) >= 11 is 0. The van der Waals surface area contributed by atoms with Gasteiger partial charge in [0.05, 0.1) is 12.7 Å². The van der Waals surface area contributed by atoms with Crippen LogP contribution >= 0.6 is 0 Å². The number of aliphatic hydroxyl groups is 1.